The van der Waals surface area contributed by atoms with Gasteiger partial charge < -0.3 is 5.11 Å². The normalized spacial score (nSPS) is 10.5. The molecule has 0 bridgehead atoms. The van der Waals surface area contributed by atoms with Crippen molar-refractivity contribution in [3.05, 3.63) is 35.0 Å². The van der Waals surface area contributed by atoms with Gasteiger partial charge in [-0.2, -0.15) is 9.59 Å². The van der Waals surface area contributed by atoms with Crippen molar-refractivity contribution in [3.63, 3.8) is 0 Å². The molecule has 0 fully saturated rings. The van der Waals surface area contributed by atoms with Crippen molar-refractivity contribution in [2.24, 2.45) is 5.41 Å². The van der Waals surface area contributed by atoms with Gasteiger partial charge in [-0.05, 0) is 24.0 Å². The van der Waals surface area contributed by atoms with Gasteiger partial charge in [0.2, 0.25) is 0 Å². The first kappa shape index (κ1) is 18.2. The molecule has 0 amide bonds. The van der Waals surface area contributed by atoms with Gasteiger partial charge in [0.25, 0.3) is 0 Å². The van der Waals surface area contributed by atoms with Gasteiger partial charge in [-0.1, -0.05) is 33.3 Å². The standard InChI is InChI=1S/C15H20N2OS.CO2/c1-4-15(2,3)8-11-6-5-7-13(16-11)14-17-12(9-18)10-19-14;2-1-3/h5-7,10,18H,4,8-9H2,1-3H3;. The van der Waals surface area contributed by atoms with Crippen molar-refractivity contribution in [1.82, 2.24) is 9.97 Å². The summed E-state index contributed by atoms with van der Waals surface area (Å²) in [5.41, 5.74) is 2.98. The van der Waals surface area contributed by atoms with Gasteiger partial charge in [0, 0.05) is 11.1 Å². The van der Waals surface area contributed by atoms with Gasteiger partial charge in [0.05, 0.1) is 18.0 Å². The molecule has 2 aromatic heterocycles. The van der Waals surface area contributed by atoms with Gasteiger partial charge in [-0.25, -0.2) is 4.98 Å². The highest BCUT2D eigenvalue weighted by molar-refractivity contribution is 7.13. The Hall–Kier alpha value is -1.88. The third-order valence-electron chi connectivity index (χ3n) is 3.36. The molecule has 2 rings (SSSR count). The summed E-state index contributed by atoms with van der Waals surface area (Å²) in [6.45, 7) is 6.71. The number of hydrogen-bond acceptors (Lipinski definition) is 6. The Morgan fingerprint density at radius 1 is 1.23 bits per heavy atom. The number of thiazole rings is 1. The second-order valence-corrected chi connectivity index (χ2v) is 6.45. The molecule has 0 aliphatic carbocycles. The lowest BCUT2D eigenvalue weighted by atomic mass is 9.85. The smallest absolute Gasteiger partial charge is 0.373 e. The molecule has 0 aromatic carbocycles. The van der Waals surface area contributed by atoms with Crippen molar-refractivity contribution in [2.45, 2.75) is 40.2 Å². The van der Waals surface area contributed by atoms with Gasteiger partial charge in [0.15, 0.2) is 0 Å². The van der Waals surface area contributed by atoms with Crippen LogP contribution < -0.4 is 0 Å². The van der Waals surface area contributed by atoms with Crippen LogP contribution in [0.25, 0.3) is 10.7 Å². The molecule has 0 saturated carbocycles. The monoisotopic (exact) mass is 320 g/mol. The SMILES string of the molecule is CCC(C)(C)Cc1cccc(-c2nc(CO)cs2)n1.O=C=O. The molecular weight excluding hydrogens is 300 g/mol. The Morgan fingerprint density at radius 3 is 2.45 bits per heavy atom. The van der Waals surface area contributed by atoms with Gasteiger partial charge in [0.1, 0.15) is 5.01 Å². The number of aliphatic hydroxyl groups is 1. The fraction of sp³-hybridized carbons (Fsp3) is 0.438. The van der Waals surface area contributed by atoms with Crippen LogP contribution in [0.1, 0.15) is 38.6 Å². The maximum Gasteiger partial charge on any atom is 0.373 e. The zero-order chi connectivity index (χ0) is 16.6. The molecule has 0 saturated heterocycles. The van der Waals surface area contributed by atoms with Crippen LogP contribution in [0.4, 0.5) is 0 Å². The summed E-state index contributed by atoms with van der Waals surface area (Å²) < 4.78 is 0. The first-order valence-electron chi connectivity index (χ1n) is 6.96. The van der Waals surface area contributed by atoms with E-state index in [2.05, 4.69) is 31.8 Å². The van der Waals surface area contributed by atoms with Crippen LogP contribution in [0.2, 0.25) is 0 Å². The number of rotatable bonds is 5. The van der Waals surface area contributed by atoms with E-state index in [4.69, 9.17) is 19.7 Å². The lowest BCUT2D eigenvalue weighted by Gasteiger charge is -2.21. The Bertz CT molecular complexity index is 632. The maximum absolute atomic E-state index is 9.06. The highest BCUT2D eigenvalue weighted by Crippen LogP contribution is 2.27. The second-order valence-electron chi connectivity index (χ2n) is 5.59. The van der Waals surface area contributed by atoms with Crippen LogP contribution in [0, 0.1) is 5.41 Å². The van der Waals surface area contributed by atoms with Crippen molar-refractivity contribution < 1.29 is 14.7 Å². The van der Waals surface area contributed by atoms with E-state index in [1.807, 2.05) is 17.5 Å². The molecule has 0 aliphatic rings. The minimum absolute atomic E-state index is 0.0148. The van der Waals surface area contributed by atoms with Crippen molar-refractivity contribution in [3.8, 4) is 10.7 Å². The van der Waals surface area contributed by atoms with E-state index in [1.165, 1.54) is 11.3 Å². The molecule has 118 valence electrons. The third-order valence-corrected chi connectivity index (χ3v) is 4.27. The molecule has 0 radical (unpaired) electrons. The number of pyridine rings is 1. The maximum atomic E-state index is 9.06. The number of carbonyl (C=O) groups excluding carboxylic acids is 2. The van der Waals surface area contributed by atoms with Crippen molar-refractivity contribution >= 4 is 17.5 Å². The topological polar surface area (TPSA) is 80.2 Å². The largest absolute Gasteiger partial charge is 0.390 e. The van der Waals surface area contributed by atoms with Crippen LogP contribution in [0.5, 0.6) is 0 Å². The van der Waals surface area contributed by atoms with Gasteiger partial charge >= 0.3 is 6.15 Å². The lowest BCUT2D eigenvalue weighted by Crippen LogP contribution is -2.14. The van der Waals surface area contributed by atoms with Crippen molar-refractivity contribution in [1.29, 1.82) is 0 Å². The molecule has 2 heterocycles. The molecule has 6 heteroatoms. The number of aromatic nitrogens is 2. The Morgan fingerprint density at radius 2 is 1.91 bits per heavy atom. The highest BCUT2D eigenvalue weighted by atomic mass is 32.1. The Balaban J connectivity index is 0.000000745. The fourth-order valence-electron chi connectivity index (χ4n) is 1.81. The molecule has 2 aromatic rings. The van der Waals surface area contributed by atoms with Gasteiger partial charge in [-0.3, -0.25) is 4.98 Å². The first-order chi connectivity index (χ1) is 10.5. The molecule has 0 unspecified atom stereocenters. The van der Waals surface area contributed by atoms with E-state index >= 15 is 0 Å². The predicted molar refractivity (Wildman–Crippen MR) is 84.1 cm³/mol. The molecule has 0 aliphatic heterocycles. The molecule has 0 spiro atoms. The summed E-state index contributed by atoms with van der Waals surface area (Å²) in [6, 6.07) is 6.08. The number of hydrogen-bond donors (Lipinski definition) is 1. The van der Waals surface area contributed by atoms with Crippen LogP contribution >= 0.6 is 11.3 Å². The summed E-state index contributed by atoms with van der Waals surface area (Å²) in [5.74, 6) is 0. The van der Waals surface area contributed by atoms with Gasteiger partial charge in [-0.15, -0.1) is 11.3 Å². The fourth-order valence-corrected chi connectivity index (χ4v) is 2.59. The Labute approximate surface area is 134 Å². The van der Waals surface area contributed by atoms with Crippen LogP contribution in [0.3, 0.4) is 0 Å². The molecular formula is C16H20N2O3S. The molecule has 22 heavy (non-hydrogen) atoms. The molecule has 5 nitrogen and oxygen atoms in total. The summed E-state index contributed by atoms with van der Waals surface area (Å²) in [5, 5.41) is 11.8. The third kappa shape index (κ3) is 5.48. The van der Waals surface area contributed by atoms with E-state index in [1.54, 1.807) is 0 Å². The minimum Gasteiger partial charge on any atom is -0.390 e. The van der Waals surface area contributed by atoms with E-state index in [9.17, 15) is 0 Å². The number of aliphatic hydroxyl groups excluding tert-OH is 1. The molecule has 0 atom stereocenters. The van der Waals surface area contributed by atoms with Crippen LogP contribution in [0.15, 0.2) is 23.6 Å². The van der Waals surface area contributed by atoms with Crippen LogP contribution in [-0.4, -0.2) is 21.2 Å². The summed E-state index contributed by atoms with van der Waals surface area (Å²) >= 11 is 1.53. The summed E-state index contributed by atoms with van der Waals surface area (Å²) in [7, 11) is 0. The van der Waals surface area contributed by atoms with E-state index < -0.39 is 0 Å². The average Bonchev–Trinajstić information content (AvgIpc) is 2.97. The van der Waals surface area contributed by atoms with E-state index in [0.717, 1.165) is 29.2 Å². The quantitative estimate of drug-likeness (QED) is 0.915. The first-order valence-corrected chi connectivity index (χ1v) is 7.84. The van der Waals surface area contributed by atoms with Crippen molar-refractivity contribution in [2.75, 3.05) is 0 Å². The molecule has 1 N–H and O–H groups in total. The zero-order valence-electron chi connectivity index (χ0n) is 13.0. The van der Waals surface area contributed by atoms with Crippen LogP contribution in [-0.2, 0) is 22.6 Å². The second kappa shape index (κ2) is 8.54. The summed E-state index contributed by atoms with van der Waals surface area (Å²) in [6.07, 6.45) is 2.35. The number of nitrogens with zero attached hydrogens (tertiary/aromatic N) is 2. The van der Waals surface area contributed by atoms with E-state index in [-0.39, 0.29) is 18.2 Å². The zero-order valence-corrected chi connectivity index (χ0v) is 13.8. The predicted octanol–water partition coefficient (Wildman–Crippen LogP) is 3.09. The lowest BCUT2D eigenvalue weighted by molar-refractivity contribution is -0.191. The Kier molecular flexibility index (Phi) is 7.05. The minimum atomic E-state index is -0.0148. The van der Waals surface area contributed by atoms with E-state index in [0.29, 0.717) is 5.69 Å². The summed E-state index contributed by atoms with van der Waals surface area (Å²) in [4.78, 5) is 25.3. The highest BCUT2D eigenvalue weighted by Gasteiger charge is 2.17. The average molecular weight is 320 g/mol.